The number of carboxylic acids is 1. The predicted molar refractivity (Wildman–Crippen MR) is 70.5 cm³/mol. The van der Waals surface area contributed by atoms with Crippen molar-refractivity contribution in [2.75, 3.05) is 7.11 Å². The Hall–Kier alpha value is -2.43. The number of carbonyl (C=O) groups is 1. The minimum Gasteiger partial charge on any atom is -0.497 e. The molecule has 0 aliphatic carbocycles. The van der Waals surface area contributed by atoms with E-state index in [4.69, 9.17) is 9.84 Å². The van der Waals surface area contributed by atoms with Crippen molar-refractivity contribution in [1.29, 1.82) is 0 Å². The van der Waals surface area contributed by atoms with Gasteiger partial charge in [0, 0.05) is 6.21 Å². The molecule has 18 heavy (non-hydrogen) atoms. The van der Waals surface area contributed by atoms with Crippen LogP contribution in [0.3, 0.4) is 0 Å². The Morgan fingerprint density at radius 1 is 1.39 bits per heavy atom. The van der Waals surface area contributed by atoms with Gasteiger partial charge in [0.1, 0.15) is 17.3 Å². The molecule has 5 nitrogen and oxygen atoms in total. The van der Waals surface area contributed by atoms with E-state index in [0.717, 1.165) is 11.3 Å². The van der Waals surface area contributed by atoms with Crippen molar-refractivity contribution in [3.63, 3.8) is 0 Å². The third-order valence-electron chi connectivity index (χ3n) is 2.08. The second-order valence-electron chi connectivity index (χ2n) is 3.45. The van der Waals surface area contributed by atoms with Crippen molar-refractivity contribution in [1.82, 2.24) is 0 Å². The first-order chi connectivity index (χ1) is 8.52. The maximum Gasteiger partial charge on any atom is 0.350 e. The number of benzene rings is 1. The third-order valence-corrected chi connectivity index (χ3v) is 2.08. The van der Waals surface area contributed by atoms with Gasteiger partial charge in [-0.15, -0.1) is 0 Å². The molecular formula is C13H14N2O3. The maximum absolute atomic E-state index is 10.5. The van der Waals surface area contributed by atoms with Gasteiger partial charge in [-0.3, -0.25) is 0 Å². The van der Waals surface area contributed by atoms with Gasteiger partial charge in [0.2, 0.25) is 0 Å². The molecule has 94 valence electrons. The zero-order chi connectivity index (χ0) is 13.5. The highest BCUT2D eigenvalue weighted by Gasteiger charge is 2.01. The fraction of sp³-hybridized carbons (Fsp3) is 0.154. The van der Waals surface area contributed by atoms with E-state index in [0.29, 0.717) is 0 Å². The summed E-state index contributed by atoms with van der Waals surface area (Å²) in [5.41, 5.74) is 0.798. The summed E-state index contributed by atoms with van der Waals surface area (Å²) in [4.78, 5) is 18.2. The van der Waals surface area contributed by atoms with Crippen molar-refractivity contribution in [3.8, 4) is 5.75 Å². The Morgan fingerprint density at radius 2 is 2.00 bits per heavy atom. The van der Waals surface area contributed by atoms with Crippen LogP contribution in [0.1, 0.15) is 12.5 Å². The lowest BCUT2D eigenvalue weighted by Crippen LogP contribution is -2.07. The fourth-order valence-electron chi connectivity index (χ4n) is 1.11. The summed E-state index contributed by atoms with van der Waals surface area (Å²) in [7, 11) is 1.59. The van der Waals surface area contributed by atoms with Crippen molar-refractivity contribution in [2.45, 2.75) is 6.92 Å². The Bertz CT molecular complexity index is 501. The fourth-order valence-corrected chi connectivity index (χ4v) is 1.11. The lowest BCUT2D eigenvalue weighted by atomic mass is 10.2. The Kier molecular flexibility index (Phi) is 4.80. The third kappa shape index (κ3) is 4.21. The molecule has 0 saturated heterocycles. The smallest absolute Gasteiger partial charge is 0.350 e. The van der Waals surface area contributed by atoms with Gasteiger partial charge in [-0.1, -0.05) is 6.58 Å². The Balaban J connectivity index is 2.71. The number of methoxy groups -OCH3 is 1. The second-order valence-corrected chi connectivity index (χ2v) is 3.45. The molecule has 0 spiro atoms. The van der Waals surface area contributed by atoms with Crippen LogP contribution in [0.2, 0.25) is 0 Å². The molecule has 0 unspecified atom stereocenters. The Morgan fingerprint density at radius 3 is 2.50 bits per heavy atom. The zero-order valence-corrected chi connectivity index (χ0v) is 10.3. The van der Waals surface area contributed by atoms with Crippen LogP contribution >= 0.6 is 0 Å². The highest BCUT2D eigenvalue weighted by atomic mass is 16.5. The van der Waals surface area contributed by atoms with E-state index in [1.165, 1.54) is 6.92 Å². The molecule has 5 heteroatoms. The highest BCUT2D eigenvalue weighted by Crippen LogP contribution is 2.10. The lowest BCUT2D eigenvalue weighted by Gasteiger charge is -1.98. The van der Waals surface area contributed by atoms with Gasteiger partial charge in [-0.2, -0.15) is 0 Å². The number of carboxylic acid groups (broad SMARTS) is 1. The average Bonchev–Trinajstić information content (AvgIpc) is 2.36. The Labute approximate surface area is 105 Å². The first kappa shape index (κ1) is 13.6. The summed E-state index contributed by atoms with van der Waals surface area (Å²) < 4.78 is 5.02. The predicted octanol–water partition coefficient (Wildman–Crippen LogP) is 2.13. The van der Waals surface area contributed by atoms with Gasteiger partial charge in [-0.05, 0) is 36.8 Å². The minimum atomic E-state index is -1.09. The molecule has 0 aliphatic heterocycles. The summed E-state index contributed by atoms with van der Waals surface area (Å²) >= 11 is 0. The summed E-state index contributed by atoms with van der Waals surface area (Å²) in [5, 5.41) is 8.64. The summed E-state index contributed by atoms with van der Waals surface area (Å²) in [5.74, 6) is -0.188. The van der Waals surface area contributed by atoms with Crippen molar-refractivity contribution in [3.05, 3.63) is 42.2 Å². The molecule has 0 amide bonds. The largest absolute Gasteiger partial charge is 0.497 e. The summed E-state index contributed by atoms with van der Waals surface area (Å²) in [6.45, 7) is 4.94. The van der Waals surface area contributed by atoms with E-state index in [1.807, 2.05) is 12.1 Å². The quantitative estimate of drug-likeness (QED) is 0.809. The lowest BCUT2D eigenvalue weighted by molar-refractivity contribution is -0.129. The normalized spacial score (nSPS) is 11.6. The van der Waals surface area contributed by atoms with Crippen molar-refractivity contribution in [2.24, 2.45) is 9.98 Å². The summed E-state index contributed by atoms with van der Waals surface area (Å²) in [6.07, 6.45) is 1.56. The van der Waals surface area contributed by atoms with Gasteiger partial charge in [0.25, 0.3) is 0 Å². The number of aliphatic carboxylic acids is 1. The molecule has 0 aromatic heterocycles. The highest BCUT2D eigenvalue weighted by molar-refractivity contribution is 6.34. The monoisotopic (exact) mass is 246 g/mol. The maximum atomic E-state index is 10.5. The van der Waals surface area contributed by atoms with E-state index >= 15 is 0 Å². The number of rotatable bonds is 5. The molecule has 1 rings (SSSR count). The second kappa shape index (κ2) is 6.34. The summed E-state index contributed by atoms with van der Waals surface area (Å²) in [6, 6.07) is 7.25. The SMILES string of the molecule is C=C(/N=C/c1ccc(OC)cc1)/N=C(\C)C(=O)O. The molecule has 1 aromatic carbocycles. The van der Waals surface area contributed by atoms with E-state index in [2.05, 4.69) is 16.6 Å². The van der Waals surface area contributed by atoms with Crippen LogP contribution < -0.4 is 4.74 Å². The van der Waals surface area contributed by atoms with Gasteiger partial charge in [0.15, 0.2) is 0 Å². The minimum absolute atomic E-state index is 0.0492. The topological polar surface area (TPSA) is 71.2 Å². The van der Waals surface area contributed by atoms with Crippen LogP contribution in [-0.2, 0) is 4.79 Å². The van der Waals surface area contributed by atoms with Gasteiger partial charge in [0.05, 0.1) is 7.11 Å². The molecule has 0 fully saturated rings. The van der Waals surface area contributed by atoms with Crippen molar-refractivity contribution < 1.29 is 14.6 Å². The van der Waals surface area contributed by atoms with Gasteiger partial charge >= 0.3 is 5.97 Å². The van der Waals surface area contributed by atoms with E-state index in [9.17, 15) is 4.79 Å². The number of hydrogen-bond donors (Lipinski definition) is 1. The standard InChI is InChI=1S/C13H14N2O3/c1-9(13(16)17)15-10(2)14-8-11-4-6-12(18-3)7-5-11/h4-8H,2H2,1,3H3,(H,16,17)/b14-8+,15-9+. The van der Waals surface area contributed by atoms with Gasteiger partial charge in [-0.25, -0.2) is 14.8 Å². The first-order valence-electron chi connectivity index (χ1n) is 5.18. The van der Waals surface area contributed by atoms with Gasteiger partial charge < -0.3 is 9.84 Å². The molecule has 0 radical (unpaired) electrons. The molecule has 0 heterocycles. The van der Waals surface area contributed by atoms with Crippen LogP contribution in [0.5, 0.6) is 5.75 Å². The molecule has 1 N–H and O–H groups in total. The van der Waals surface area contributed by atoms with Crippen LogP contribution in [0.15, 0.2) is 46.7 Å². The molecule has 0 aliphatic rings. The number of nitrogens with zero attached hydrogens (tertiary/aromatic N) is 2. The van der Waals surface area contributed by atoms with Crippen LogP contribution in [0.25, 0.3) is 0 Å². The first-order valence-corrected chi connectivity index (χ1v) is 5.18. The molecule has 0 saturated carbocycles. The van der Waals surface area contributed by atoms with E-state index < -0.39 is 5.97 Å². The number of ether oxygens (including phenoxy) is 1. The molecule has 0 atom stereocenters. The van der Waals surface area contributed by atoms with E-state index in [1.54, 1.807) is 25.5 Å². The average molecular weight is 246 g/mol. The van der Waals surface area contributed by atoms with E-state index in [-0.39, 0.29) is 11.5 Å². The number of hydrogen-bond acceptors (Lipinski definition) is 4. The van der Waals surface area contributed by atoms with Crippen LogP contribution in [-0.4, -0.2) is 30.1 Å². The number of aliphatic imine (C=N–C) groups is 2. The molecule has 0 bridgehead atoms. The molecule has 1 aromatic rings. The van der Waals surface area contributed by atoms with Crippen molar-refractivity contribution >= 4 is 17.9 Å². The van der Waals surface area contributed by atoms with Crippen LogP contribution in [0.4, 0.5) is 0 Å². The van der Waals surface area contributed by atoms with Crippen LogP contribution in [0, 0.1) is 0 Å². The molecular weight excluding hydrogens is 232 g/mol. The zero-order valence-electron chi connectivity index (χ0n) is 10.3.